The van der Waals surface area contributed by atoms with Crippen LogP contribution in [0.1, 0.15) is 57.8 Å². The molecule has 24 heavy (non-hydrogen) atoms. The van der Waals surface area contributed by atoms with Crippen molar-refractivity contribution in [1.29, 1.82) is 0 Å². The Hall–Kier alpha value is -1.39. The van der Waals surface area contributed by atoms with Crippen LogP contribution in [0.15, 0.2) is 36.5 Å². The summed E-state index contributed by atoms with van der Waals surface area (Å²) in [5.74, 6) is 0.260. The van der Waals surface area contributed by atoms with Crippen LogP contribution in [0, 0.1) is 11.8 Å². The van der Waals surface area contributed by atoms with Crippen LogP contribution in [-0.2, 0) is 4.79 Å². The lowest BCUT2D eigenvalue weighted by atomic mass is 9.90. The fraction of sp³-hybridized carbons (Fsp3) is 0.650. The lowest BCUT2D eigenvalue weighted by Crippen LogP contribution is -2.18. The molecule has 0 radical (unpaired) electrons. The van der Waals surface area contributed by atoms with Crippen LogP contribution in [0.5, 0.6) is 0 Å². The smallest absolute Gasteiger partial charge is 0.217 e. The predicted octanol–water partition coefficient (Wildman–Crippen LogP) is 3.25. The van der Waals surface area contributed by atoms with E-state index in [1.807, 2.05) is 6.08 Å². The molecule has 0 bridgehead atoms. The molecule has 0 saturated carbocycles. The largest absolute Gasteiger partial charge is 0.396 e. The molecule has 4 nitrogen and oxygen atoms in total. The van der Waals surface area contributed by atoms with Gasteiger partial charge in [0, 0.05) is 24.9 Å². The number of rotatable bonds is 13. The molecule has 4 heteroatoms. The Bertz CT molecular complexity index is 429. The maximum absolute atomic E-state index is 10.7. The number of aliphatic hydroxyl groups excluding tert-OH is 2. The second kappa shape index (κ2) is 13.0. The summed E-state index contributed by atoms with van der Waals surface area (Å²) in [4.78, 5) is 10.7. The molecule has 0 saturated heterocycles. The zero-order valence-electron chi connectivity index (χ0n) is 14.6. The van der Waals surface area contributed by atoms with E-state index in [9.17, 15) is 9.90 Å². The number of amides is 1. The van der Waals surface area contributed by atoms with E-state index in [1.165, 1.54) is 0 Å². The Balaban J connectivity index is 2.24. The highest BCUT2D eigenvalue weighted by Crippen LogP contribution is 2.30. The maximum atomic E-state index is 10.7. The average molecular weight is 335 g/mol. The average Bonchev–Trinajstić information content (AvgIpc) is 2.90. The van der Waals surface area contributed by atoms with Crippen molar-refractivity contribution in [2.45, 2.75) is 63.9 Å². The van der Waals surface area contributed by atoms with Gasteiger partial charge in [-0.3, -0.25) is 4.79 Å². The third-order valence-corrected chi connectivity index (χ3v) is 4.47. The first-order valence-electron chi connectivity index (χ1n) is 9.22. The number of aliphatic hydroxyl groups is 2. The summed E-state index contributed by atoms with van der Waals surface area (Å²) in [6, 6.07) is 0. The second-order valence-corrected chi connectivity index (χ2v) is 6.54. The number of carbonyl (C=O) groups excluding carboxylic acids is 1. The van der Waals surface area contributed by atoms with Gasteiger partial charge in [0.05, 0.1) is 6.10 Å². The molecule has 0 fully saturated rings. The van der Waals surface area contributed by atoms with E-state index in [4.69, 9.17) is 10.8 Å². The Morgan fingerprint density at radius 3 is 2.50 bits per heavy atom. The van der Waals surface area contributed by atoms with Crippen molar-refractivity contribution in [1.82, 2.24) is 0 Å². The Labute approximate surface area is 146 Å². The van der Waals surface area contributed by atoms with E-state index in [1.54, 1.807) is 0 Å². The Kier molecular flexibility index (Phi) is 11.2. The van der Waals surface area contributed by atoms with Gasteiger partial charge in [-0.2, -0.15) is 0 Å². The van der Waals surface area contributed by atoms with E-state index in [0.717, 1.165) is 51.4 Å². The minimum absolute atomic E-state index is 0.211. The number of primary amides is 1. The minimum atomic E-state index is -0.375. The minimum Gasteiger partial charge on any atom is -0.396 e. The molecule has 0 unspecified atom stereocenters. The fourth-order valence-electron chi connectivity index (χ4n) is 3.00. The van der Waals surface area contributed by atoms with Crippen molar-refractivity contribution in [2.24, 2.45) is 17.6 Å². The van der Waals surface area contributed by atoms with Crippen molar-refractivity contribution in [3.63, 3.8) is 0 Å². The van der Waals surface area contributed by atoms with Crippen molar-refractivity contribution in [3.8, 4) is 0 Å². The summed E-state index contributed by atoms with van der Waals surface area (Å²) < 4.78 is 0. The number of hydrogen-bond acceptors (Lipinski definition) is 3. The monoisotopic (exact) mass is 335 g/mol. The highest BCUT2D eigenvalue weighted by atomic mass is 16.3. The fourth-order valence-corrected chi connectivity index (χ4v) is 3.00. The number of nitrogens with two attached hydrogens (primary N) is 1. The molecule has 3 atom stereocenters. The van der Waals surface area contributed by atoms with Gasteiger partial charge in [-0.15, -0.1) is 0 Å². The maximum Gasteiger partial charge on any atom is 0.217 e. The highest BCUT2D eigenvalue weighted by molar-refractivity contribution is 5.73. The summed E-state index contributed by atoms with van der Waals surface area (Å²) in [5.41, 5.74) is 5.11. The number of hydrogen-bond donors (Lipinski definition) is 3. The number of allylic oxidation sites excluding steroid dienone is 5. The molecule has 1 rings (SSSR count). The molecular weight excluding hydrogens is 302 g/mol. The van der Waals surface area contributed by atoms with Gasteiger partial charge in [-0.05, 0) is 38.5 Å². The Morgan fingerprint density at radius 2 is 1.75 bits per heavy atom. The van der Waals surface area contributed by atoms with Crippen LogP contribution in [0.25, 0.3) is 0 Å². The zero-order chi connectivity index (χ0) is 17.6. The SMILES string of the molecule is NC(=O)CCCC=CC[C@H]1[C@@H](C=CCCCCCCO)C=C[C@@H]1O. The predicted molar refractivity (Wildman–Crippen MR) is 98.2 cm³/mol. The zero-order valence-corrected chi connectivity index (χ0v) is 14.6. The molecule has 0 aromatic heterocycles. The van der Waals surface area contributed by atoms with Crippen molar-refractivity contribution < 1.29 is 15.0 Å². The van der Waals surface area contributed by atoms with Gasteiger partial charge in [-0.25, -0.2) is 0 Å². The molecule has 1 aliphatic carbocycles. The molecule has 136 valence electrons. The molecular formula is C20H33NO3. The van der Waals surface area contributed by atoms with Crippen LogP contribution >= 0.6 is 0 Å². The Morgan fingerprint density at radius 1 is 1.00 bits per heavy atom. The lowest BCUT2D eigenvalue weighted by molar-refractivity contribution is -0.118. The van der Waals surface area contributed by atoms with Gasteiger partial charge < -0.3 is 15.9 Å². The number of unbranched alkanes of at least 4 members (excludes halogenated alkanes) is 5. The van der Waals surface area contributed by atoms with Crippen LogP contribution in [0.4, 0.5) is 0 Å². The molecule has 0 aliphatic heterocycles. The summed E-state index contributed by atoms with van der Waals surface area (Å²) in [6.07, 6.45) is 20.5. The molecule has 0 heterocycles. The normalized spacial score (nSPS) is 23.7. The van der Waals surface area contributed by atoms with Crippen molar-refractivity contribution in [3.05, 3.63) is 36.5 Å². The van der Waals surface area contributed by atoms with Crippen LogP contribution < -0.4 is 5.73 Å². The van der Waals surface area contributed by atoms with E-state index < -0.39 is 0 Å². The first-order valence-corrected chi connectivity index (χ1v) is 9.22. The van der Waals surface area contributed by atoms with Gasteiger partial charge in [0.25, 0.3) is 0 Å². The van der Waals surface area contributed by atoms with Gasteiger partial charge in [0.2, 0.25) is 5.91 Å². The van der Waals surface area contributed by atoms with Gasteiger partial charge in [-0.1, -0.05) is 49.3 Å². The lowest BCUT2D eigenvalue weighted by Gasteiger charge is -2.18. The summed E-state index contributed by atoms with van der Waals surface area (Å²) in [5, 5.41) is 18.8. The molecule has 1 amide bonds. The van der Waals surface area contributed by atoms with Gasteiger partial charge in [0.1, 0.15) is 0 Å². The van der Waals surface area contributed by atoms with E-state index >= 15 is 0 Å². The molecule has 4 N–H and O–H groups in total. The third kappa shape index (κ3) is 9.04. The highest BCUT2D eigenvalue weighted by Gasteiger charge is 2.27. The van der Waals surface area contributed by atoms with E-state index in [-0.39, 0.29) is 17.9 Å². The van der Waals surface area contributed by atoms with Gasteiger partial charge in [0.15, 0.2) is 0 Å². The molecule has 0 spiro atoms. The second-order valence-electron chi connectivity index (χ2n) is 6.54. The summed E-state index contributed by atoms with van der Waals surface area (Å²) >= 11 is 0. The van der Waals surface area contributed by atoms with Crippen LogP contribution in [-0.4, -0.2) is 28.8 Å². The van der Waals surface area contributed by atoms with Crippen molar-refractivity contribution in [2.75, 3.05) is 6.61 Å². The molecule has 1 aliphatic rings. The van der Waals surface area contributed by atoms with E-state index in [2.05, 4.69) is 30.4 Å². The molecule has 0 aromatic rings. The summed E-state index contributed by atoms with van der Waals surface area (Å²) in [6.45, 7) is 0.290. The topological polar surface area (TPSA) is 83.6 Å². The first kappa shape index (κ1) is 20.7. The third-order valence-electron chi connectivity index (χ3n) is 4.47. The standard InChI is InChI=1S/C20H33NO3/c21-20(24)13-9-5-4-8-12-18-17(14-15-19(18)23)11-7-3-1-2-6-10-16-22/h4,7-8,11,14-15,17-19,22-23H,1-3,5-6,9-10,12-13,16H2,(H2,21,24)/t17-,18-,19-/m0/s1. The van der Waals surface area contributed by atoms with Crippen molar-refractivity contribution >= 4 is 5.91 Å². The number of carbonyl (C=O) groups is 1. The van der Waals surface area contributed by atoms with E-state index in [0.29, 0.717) is 18.9 Å². The quantitative estimate of drug-likeness (QED) is 0.357. The van der Waals surface area contributed by atoms with Crippen LogP contribution in [0.3, 0.4) is 0 Å². The summed E-state index contributed by atoms with van der Waals surface area (Å²) in [7, 11) is 0. The van der Waals surface area contributed by atoms with Gasteiger partial charge >= 0.3 is 0 Å². The molecule has 0 aromatic carbocycles. The van der Waals surface area contributed by atoms with Crippen LogP contribution in [0.2, 0.25) is 0 Å². The first-order chi connectivity index (χ1) is 11.6.